The van der Waals surface area contributed by atoms with Gasteiger partial charge in [0.05, 0.1) is 18.4 Å². The Morgan fingerprint density at radius 3 is 2.77 bits per heavy atom. The van der Waals surface area contributed by atoms with E-state index >= 15 is 0 Å². The first-order valence-corrected chi connectivity index (χ1v) is 9.80. The number of aliphatic imine (C=N–C) groups is 1. The van der Waals surface area contributed by atoms with Gasteiger partial charge < -0.3 is 19.9 Å². The van der Waals surface area contributed by atoms with Crippen molar-refractivity contribution in [2.24, 2.45) is 12.0 Å². The minimum Gasteiger partial charge on any atom is -0.434 e. The molecule has 1 aliphatic heterocycles. The maximum Gasteiger partial charge on any atom is 0.387 e. The predicted molar refractivity (Wildman–Crippen MR) is 125 cm³/mol. The zero-order valence-electron chi connectivity index (χ0n) is 17.1. The van der Waals surface area contributed by atoms with Gasteiger partial charge in [0.1, 0.15) is 12.3 Å². The third kappa shape index (κ3) is 6.66. The van der Waals surface area contributed by atoms with Crippen LogP contribution in [0.1, 0.15) is 12.5 Å². The number of ether oxygens (including phenoxy) is 1. The number of carbonyl (C=O) groups is 1. The van der Waals surface area contributed by atoms with Crippen molar-refractivity contribution in [3.8, 4) is 5.75 Å². The summed E-state index contributed by atoms with van der Waals surface area (Å²) in [7, 11) is 1.79. The molecule has 0 aliphatic carbocycles. The van der Waals surface area contributed by atoms with Gasteiger partial charge in [0.15, 0.2) is 5.96 Å². The number of hydrogen-bond donors (Lipinski definition) is 1. The Bertz CT molecular complexity index is 927. The van der Waals surface area contributed by atoms with Crippen molar-refractivity contribution >= 4 is 53.1 Å². The number of nitrogens with zero attached hydrogens (tertiary/aromatic N) is 5. The quantitative estimate of drug-likeness (QED) is 0.329. The van der Waals surface area contributed by atoms with Crippen LogP contribution in [0.4, 0.5) is 14.5 Å². The molecule has 8 nitrogen and oxygen atoms in total. The minimum absolute atomic E-state index is 0. The van der Waals surface area contributed by atoms with Gasteiger partial charge in [0, 0.05) is 43.5 Å². The number of amides is 1. The molecule has 1 fully saturated rings. The number of halogens is 4. The summed E-state index contributed by atoms with van der Waals surface area (Å²) >= 11 is 6.00. The predicted octanol–water partition coefficient (Wildman–Crippen LogP) is 3.11. The molecular formula is C19H24ClF2IN6O2. The summed E-state index contributed by atoms with van der Waals surface area (Å²) in [5, 5.41) is 7.64. The van der Waals surface area contributed by atoms with Gasteiger partial charge in [-0.3, -0.25) is 9.48 Å². The normalized spacial score (nSPS) is 14.6. The smallest absolute Gasteiger partial charge is 0.387 e. The van der Waals surface area contributed by atoms with Crippen LogP contribution in [0, 0.1) is 0 Å². The van der Waals surface area contributed by atoms with Gasteiger partial charge in [-0.05, 0) is 25.1 Å². The van der Waals surface area contributed by atoms with Crippen LogP contribution < -0.4 is 15.0 Å². The monoisotopic (exact) mass is 568 g/mol. The Kier molecular flexibility index (Phi) is 9.29. The van der Waals surface area contributed by atoms with Crippen molar-refractivity contribution < 1.29 is 18.3 Å². The molecule has 1 N–H and O–H groups in total. The third-order valence-electron chi connectivity index (χ3n) is 4.50. The van der Waals surface area contributed by atoms with E-state index in [9.17, 15) is 13.6 Å². The lowest BCUT2D eigenvalue weighted by Gasteiger charge is -2.35. The SMILES string of the molecule is CCNC(=NCc1cc(Cl)ccc1OC(F)F)N1CCN(c2cnn(C)c2)C(=O)C1.I. The molecule has 1 amide bonds. The molecule has 1 aliphatic rings. The summed E-state index contributed by atoms with van der Waals surface area (Å²) in [4.78, 5) is 20.7. The lowest BCUT2D eigenvalue weighted by Crippen LogP contribution is -2.55. The first kappa shape index (κ1) is 25.1. The van der Waals surface area contributed by atoms with Crippen LogP contribution in [0.5, 0.6) is 5.75 Å². The number of hydrogen-bond acceptors (Lipinski definition) is 4. The molecule has 31 heavy (non-hydrogen) atoms. The minimum atomic E-state index is -2.94. The molecule has 0 spiro atoms. The summed E-state index contributed by atoms with van der Waals surface area (Å²) in [6, 6.07) is 4.41. The van der Waals surface area contributed by atoms with Gasteiger partial charge in [0.2, 0.25) is 5.91 Å². The van der Waals surface area contributed by atoms with E-state index in [4.69, 9.17) is 11.6 Å². The zero-order chi connectivity index (χ0) is 21.7. The molecule has 3 rings (SSSR count). The molecule has 2 aromatic rings. The van der Waals surface area contributed by atoms with Crippen LogP contribution in [-0.4, -0.2) is 59.3 Å². The number of carbonyl (C=O) groups excluding carboxylic acids is 1. The van der Waals surface area contributed by atoms with Gasteiger partial charge in [-0.1, -0.05) is 11.6 Å². The Morgan fingerprint density at radius 2 is 2.16 bits per heavy atom. The van der Waals surface area contributed by atoms with E-state index < -0.39 is 6.61 Å². The number of anilines is 1. The molecule has 1 saturated heterocycles. The third-order valence-corrected chi connectivity index (χ3v) is 4.73. The van der Waals surface area contributed by atoms with Crippen LogP contribution >= 0.6 is 35.6 Å². The number of guanidine groups is 1. The van der Waals surface area contributed by atoms with Crippen molar-refractivity contribution in [1.29, 1.82) is 0 Å². The summed E-state index contributed by atoms with van der Waals surface area (Å²) < 4.78 is 31.5. The van der Waals surface area contributed by atoms with Gasteiger partial charge in [0.25, 0.3) is 0 Å². The standard InChI is InChI=1S/C19H23ClF2N6O2.HI/c1-3-23-19(24-9-13-8-14(20)4-5-16(13)30-18(21)22)27-6-7-28(17(29)12-27)15-10-25-26(2)11-15;/h4-5,8,10-11,18H,3,6-7,9,12H2,1-2H3,(H,23,24);1H. The number of nitrogens with one attached hydrogen (secondary N) is 1. The van der Waals surface area contributed by atoms with Crippen LogP contribution in [0.15, 0.2) is 35.6 Å². The molecule has 1 aromatic heterocycles. The fourth-order valence-corrected chi connectivity index (χ4v) is 3.34. The molecule has 170 valence electrons. The van der Waals surface area contributed by atoms with Crippen molar-refractivity contribution in [1.82, 2.24) is 20.0 Å². The average Bonchev–Trinajstić information content (AvgIpc) is 3.12. The second-order valence-electron chi connectivity index (χ2n) is 6.64. The highest BCUT2D eigenvalue weighted by Gasteiger charge is 2.27. The fourth-order valence-electron chi connectivity index (χ4n) is 3.14. The van der Waals surface area contributed by atoms with E-state index in [0.717, 1.165) is 5.69 Å². The molecule has 0 atom stereocenters. The highest BCUT2D eigenvalue weighted by atomic mass is 127. The Labute approximate surface area is 201 Å². The fraction of sp³-hybridized carbons (Fsp3) is 0.421. The Morgan fingerprint density at radius 1 is 1.39 bits per heavy atom. The van der Waals surface area contributed by atoms with E-state index in [-0.39, 0.29) is 48.7 Å². The van der Waals surface area contributed by atoms with E-state index in [2.05, 4.69) is 20.1 Å². The van der Waals surface area contributed by atoms with Crippen molar-refractivity contribution in [3.63, 3.8) is 0 Å². The number of aromatic nitrogens is 2. The van der Waals surface area contributed by atoms with Crippen LogP contribution in [0.3, 0.4) is 0 Å². The van der Waals surface area contributed by atoms with Gasteiger partial charge in [-0.2, -0.15) is 13.9 Å². The van der Waals surface area contributed by atoms with Crippen molar-refractivity contribution in [3.05, 3.63) is 41.2 Å². The van der Waals surface area contributed by atoms with E-state index in [1.165, 1.54) is 18.2 Å². The van der Waals surface area contributed by atoms with Gasteiger partial charge >= 0.3 is 6.61 Å². The number of rotatable bonds is 6. The molecule has 0 bridgehead atoms. The lowest BCUT2D eigenvalue weighted by molar-refractivity contribution is -0.120. The first-order valence-electron chi connectivity index (χ1n) is 9.43. The number of benzene rings is 1. The zero-order valence-corrected chi connectivity index (χ0v) is 20.2. The maximum absolute atomic E-state index is 12.7. The Balaban J connectivity index is 0.00000341. The summed E-state index contributed by atoms with van der Waals surface area (Å²) in [5.74, 6) is 0.454. The average molecular weight is 569 g/mol. The molecule has 0 radical (unpaired) electrons. The van der Waals surface area contributed by atoms with E-state index in [0.29, 0.717) is 36.2 Å². The molecule has 1 aromatic carbocycles. The van der Waals surface area contributed by atoms with E-state index in [1.807, 2.05) is 11.8 Å². The van der Waals surface area contributed by atoms with Gasteiger partial charge in [-0.25, -0.2) is 4.99 Å². The first-order chi connectivity index (χ1) is 14.4. The van der Waals surface area contributed by atoms with Crippen molar-refractivity contribution in [2.45, 2.75) is 20.1 Å². The lowest BCUT2D eigenvalue weighted by atomic mass is 10.2. The highest BCUT2D eigenvalue weighted by molar-refractivity contribution is 14.0. The second-order valence-corrected chi connectivity index (χ2v) is 7.08. The maximum atomic E-state index is 12.7. The number of aryl methyl sites for hydroxylation is 1. The summed E-state index contributed by atoms with van der Waals surface area (Å²) in [6.45, 7) is 0.799. The number of alkyl halides is 2. The molecule has 0 unspecified atom stereocenters. The topological polar surface area (TPSA) is 75.0 Å². The Hall–Kier alpha value is -2.15. The van der Waals surface area contributed by atoms with Crippen LogP contribution in [0.25, 0.3) is 0 Å². The molecule has 0 saturated carbocycles. The summed E-state index contributed by atoms with van der Waals surface area (Å²) in [5.41, 5.74) is 1.18. The van der Waals surface area contributed by atoms with Gasteiger partial charge in [-0.15, -0.1) is 24.0 Å². The molecular weight excluding hydrogens is 545 g/mol. The van der Waals surface area contributed by atoms with Crippen molar-refractivity contribution in [2.75, 3.05) is 31.1 Å². The number of piperazine rings is 1. The second kappa shape index (κ2) is 11.5. The molecule has 2 heterocycles. The molecule has 12 heteroatoms. The highest BCUT2D eigenvalue weighted by Crippen LogP contribution is 2.25. The largest absolute Gasteiger partial charge is 0.434 e. The van der Waals surface area contributed by atoms with Crippen LogP contribution in [-0.2, 0) is 18.4 Å². The van der Waals surface area contributed by atoms with E-state index in [1.54, 1.807) is 29.0 Å². The van der Waals surface area contributed by atoms with Crippen LogP contribution in [0.2, 0.25) is 5.02 Å². The summed E-state index contributed by atoms with van der Waals surface area (Å²) in [6.07, 6.45) is 3.44.